The molecule has 216 valence electrons. The fraction of sp³-hybridized carbons (Fsp3) is 0.219. The molecule has 2 aliphatic heterocycles. The van der Waals surface area contributed by atoms with Crippen LogP contribution >= 0.6 is 11.3 Å². The molecule has 0 unspecified atom stereocenters. The Morgan fingerprint density at radius 1 is 1.16 bits per heavy atom. The van der Waals surface area contributed by atoms with Crippen molar-refractivity contribution >= 4 is 56.5 Å². The van der Waals surface area contributed by atoms with Crippen molar-refractivity contribution in [3.63, 3.8) is 0 Å². The van der Waals surface area contributed by atoms with Crippen molar-refractivity contribution in [3.8, 4) is 17.6 Å². The molecule has 1 atom stereocenters. The molecular weight excluding hydrogens is 564 g/mol. The standard InChI is InChI=1S/C32H28N6O4S/c1-3-20(17-33)31(40)37-15-7-8-21(18-37)35-29(39)28-27-26-25(13-14-34-30(26)43-28)38(32(41)36-27)24-12-11-23(16-19(24)2)42-22-9-5-4-6-10-22/h3-6,9-14,16,21H,7-8,15,18H2,1-2H3,(H,35,39)(H,36,41)/b20-3+/t21-/m1/s1. The van der Waals surface area contributed by atoms with Gasteiger partial charge in [0, 0.05) is 25.3 Å². The molecule has 6 rings (SSSR count). The number of urea groups is 1. The molecule has 11 heteroatoms. The van der Waals surface area contributed by atoms with Gasteiger partial charge in [-0.3, -0.25) is 14.5 Å². The molecule has 4 amide bonds. The summed E-state index contributed by atoms with van der Waals surface area (Å²) < 4.78 is 5.97. The van der Waals surface area contributed by atoms with Gasteiger partial charge >= 0.3 is 6.03 Å². The maximum absolute atomic E-state index is 13.6. The van der Waals surface area contributed by atoms with Crippen molar-refractivity contribution in [2.75, 3.05) is 23.3 Å². The molecule has 1 fully saturated rings. The number of para-hydroxylation sites is 1. The Labute approximate surface area is 252 Å². The molecule has 2 aliphatic rings. The molecule has 4 aromatic rings. The van der Waals surface area contributed by atoms with Crippen LogP contribution in [0.25, 0.3) is 10.2 Å². The van der Waals surface area contributed by atoms with E-state index in [1.165, 1.54) is 17.4 Å². The lowest BCUT2D eigenvalue weighted by Crippen LogP contribution is -2.49. The van der Waals surface area contributed by atoms with Gasteiger partial charge in [-0.05, 0) is 68.7 Å². The molecule has 2 aromatic heterocycles. The monoisotopic (exact) mass is 592 g/mol. The number of nitrogens with zero attached hydrogens (tertiary/aromatic N) is 4. The normalized spacial score (nSPS) is 16.4. The van der Waals surface area contributed by atoms with E-state index in [2.05, 4.69) is 15.6 Å². The number of amides is 4. The molecule has 10 nitrogen and oxygen atoms in total. The third kappa shape index (κ3) is 5.29. The zero-order valence-corrected chi connectivity index (χ0v) is 24.4. The molecule has 1 saturated heterocycles. The number of carbonyl (C=O) groups excluding carboxylic acids is 3. The van der Waals surface area contributed by atoms with E-state index in [1.807, 2.05) is 61.5 Å². The molecule has 4 heterocycles. The smallest absolute Gasteiger partial charge is 0.331 e. The Bertz CT molecular complexity index is 1830. The highest BCUT2D eigenvalue weighted by Crippen LogP contribution is 2.46. The first-order valence-corrected chi connectivity index (χ1v) is 14.7. The molecule has 0 aliphatic carbocycles. The summed E-state index contributed by atoms with van der Waals surface area (Å²) in [5, 5.41) is 15.9. The molecule has 0 spiro atoms. The molecule has 43 heavy (non-hydrogen) atoms. The van der Waals surface area contributed by atoms with E-state index in [1.54, 1.807) is 29.0 Å². The minimum atomic E-state index is -0.392. The third-order valence-electron chi connectivity index (χ3n) is 7.52. The Kier molecular flexibility index (Phi) is 7.52. The first-order valence-electron chi connectivity index (χ1n) is 13.9. The van der Waals surface area contributed by atoms with E-state index in [-0.39, 0.29) is 23.4 Å². The van der Waals surface area contributed by atoms with Gasteiger partial charge in [-0.15, -0.1) is 11.3 Å². The largest absolute Gasteiger partial charge is 0.457 e. The van der Waals surface area contributed by atoms with Crippen molar-refractivity contribution in [2.24, 2.45) is 0 Å². The first-order chi connectivity index (χ1) is 20.9. The summed E-state index contributed by atoms with van der Waals surface area (Å²) in [7, 11) is 0. The number of benzene rings is 2. The van der Waals surface area contributed by atoms with E-state index in [4.69, 9.17) is 4.74 Å². The Morgan fingerprint density at radius 3 is 2.72 bits per heavy atom. The van der Waals surface area contributed by atoms with E-state index >= 15 is 0 Å². The predicted molar refractivity (Wildman–Crippen MR) is 165 cm³/mol. The molecular formula is C32H28N6O4S. The average molecular weight is 593 g/mol. The Balaban J connectivity index is 1.26. The van der Waals surface area contributed by atoms with Gasteiger partial charge in [0.15, 0.2) is 0 Å². The van der Waals surface area contributed by atoms with Crippen LogP contribution < -0.4 is 20.3 Å². The minimum Gasteiger partial charge on any atom is -0.457 e. The first kappa shape index (κ1) is 27.9. The van der Waals surface area contributed by atoms with E-state index in [9.17, 15) is 19.6 Å². The number of piperidine rings is 1. The highest BCUT2D eigenvalue weighted by molar-refractivity contribution is 7.21. The zero-order chi connectivity index (χ0) is 30.1. The molecule has 0 saturated carbocycles. The molecule has 0 bridgehead atoms. The number of nitrogens with one attached hydrogen (secondary N) is 2. The number of nitriles is 1. The fourth-order valence-electron chi connectivity index (χ4n) is 5.49. The van der Waals surface area contributed by atoms with Crippen molar-refractivity contribution in [1.29, 1.82) is 5.26 Å². The van der Waals surface area contributed by atoms with Crippen molar-refractivity contribution in [2.45, 2.75) is 32.7 Å². The van der Waals surface area contributed by atoms with E-state index in [0.29, 0.717) is 69.6 Å². The quantitative estimate of drug-likeness (QED) is 0.201. The average Bonchev–Trinajstić information content (AvgIpc) is 3.38. The topological polar surface area (TPSA) is 128 Å². The lowest BCUT2D eigenvalue weighted by atomic mass is 10.0. The van der Waals surface area contributed by atoms with Crippen LogP contribution in [0, 0.1) is 18.3 Å². The highest BCUT2D eigenvalue weighted by Gasteiger charge is 2.34. The van der Waals surface area contributed by atoms with Crippen molar-refractivity contribution in [3.05, 3.63) is 82.9 Å². The van der Waals surface area contributed by atoms with Gasteiger partial charge in [-0.25, -0.2) is 9.78 Å². The lowest BCUT2D eigenvalue weighted by Gasteiger charge is -2.33. The number of hydrogen-bond donors (Lipinski definition) is 2. The van der Waals surface area contributed by atoms with Crippen LogP contribution in [0.2, 0.25) is 0 Å². The van der Waals surface area contributed by atoms with Crippen LogP contribution in [0.15, 0.2) is 72.4 Å². The van der Waals surface area contributed by atoms with Gasteiger partial charge in [0.05, 0.1) is 22.4 Å². The van der Waals surface area contributed by atoms with Crippen LogP contribution in [0.5, 0.6) is 11.5 Å². The predicted octanol–water partition coefficient (Wildman–Crippen LogP) is 6.27. The number of anilines is 3. The number of allylic oxidation sites excluding steroid dienone is 1. The number of aromatic nitrogens is 1. The van der Waals surface area contributed by atoms with E-state index < -0.39 is 6.03 Å². The van der Waals surface area contributed by atoms with Crippen molar-refractivity contribution in [1.82, 2.24) is 15.2 Å². The Morgan fingerprint density at radius 2 is 1.98 bits per heavy atom. The second kappa shape index (κ2) is 11.6. The second-order valence-corrected chi connectivity index (χ2v) is 11.3. The number of likely N-dealkylation sites (tertiary alicyclic amines) is 1. The summed E-state index contributed by atoms with van der Waals surface area (Å²) >= 11 is 1.21. The number of pyridine rings is 1. The van der Waals surface area contributed by atoms with Crippen LogP contribution in [-0.4, -0.2) is 46.9 Å². The summed E-state index contributed by atoms with van der Waals surface area (Å²) in [5.74, 6) is 0.684. The number of hydrogen-bond acceptors (Lipinski definition) is 7. The minimum absolute atomic E-state index is 0.0837. The summed E-state index contributed by atoms with van der Waals surface area (Å²) in [4.78, 5) is 48.5. The molecule has 2 aromatic carbocycles. The number of thiophene rings is 1. The zero-order valence-electron chi connectivity index (χ0n) is 23.6. The fourth-order valence-corrected chi connectivity index (χ4v) is 6.51. The van der Waals surface area contributed by atoms with Gasteiger partial charge in [0.1, 0.15) is 32.8 Å². The number of carbonyl (C=O) groups is 3. The van der Waals surface area contributed by atoms with Crippen LogP contribution in [0.1, 0.15) is 35.0 Å². The number of rotatable bonds is 6. The number of ether oxygens (including phenoxy) is 1. The summed E-state index contributed by atoms with van der Waals surface area (Å²) in [5.41, 5.74) is 2.65. The summed E-state index contributed by atoms with van der Waals surface area (Å²) in [6.07, 6.45) is 4.52. The van der Waals surface area contributed by atoms with Gasteiger partial charge in [-0.1, -0.05) is 24.3 Å². The van der Waals surface area contributed by atoms with Crippen LogP contribution in [0.4, 0.5) is 21.9 Å². The summed E-state index contributed by atoms with van der Waals surface area (Å²) in [6.45, 7) is 4.39. The van der Waals surface area contributed by atoms with Gasteiger partial charge in [0.25, 0.3) is 11.8 Å². The summed E-state index contributed by atoms with van der Waals surface area (Å²) in [6, 6.07) is 18.0. The maximum Gasteiger partial charge on any atom is 0.331 e. The van der Waals surface area contributed by atoms with E-state index in [0.717, 1.165) is 5.56 Å². The van der Waals surface area contributed by atoms with Crippen LogP contribution in [0.3, 0.4) is 0 Å². The third-order valence-corrected chi connectivity index (χ3v) is 8.62. The number of aryl methyl sites for hydroxylation is 1. The maximum atomic E-state index is 13.6. The SMILES string of the molecule is C/C=C(\C#N)C(=O)N1CCC[C@@H](NC(=O)c2sc3nccc4c3c2NC(=O)N4c2ccc(Oc3ccccc3)cc2C)C1. The molecule has 2 N–H and O–H groups in total. The molecule has 0 radical (unpaired) electrons. The Hall–Kier alpha value is -5.21. The van der Waals surface area contributed by atoms with Crippen molar-refractivity contribution < 1.29 is 19.1 Å². The van der Waals surface area contributed by atoms with Gasteiger partial charge in [0.2, 0.25) is 0 Å². The lowest BCUT2D eigenvalue weighted by molar-refractivity contribution is -0.128. The second-order valence-electron chi connectivity index (χ2n) is 10.3. The van der Waals surface area contributed by atoms with Crippen LogP contribution in [-0.2, 0) is 4.79 Å². The van der Waals surface area contributed by atoms with Gasteiger partial charge in [-0.2, -0.15) is 5.26 Å². The van der Waals surface area contributed by atoms with Gasteiger partial charge < -0.3 is 20.3 Å². The highest BCUT2D eigenvalue weighted by atomic mass is 32.1.